The summed E-state index contributed by atoms with van der Waals surface area (Å²) in [5.74, 6) is -0.134. The van der Waals surface area contributed by atoms with Crippen LogP contribution in [0.2, 0.25) is 0 Å². The van der Waals surface area contributed by atoms with Gasteiger partial charge in [-0.05, 0) is 49.2 Å². The van der Waals surface area contributed by atoms with Crippen molar-refractivity contribution >= 4 is 38.8 Å². The Labute approximate surface area is 196 Å². The number of benzene rings is 2. The molecule has 1 aliphatic heterocycles. The Morgan fingerprint density at radius 3 is 2.70 bits per heavy atom. The van der Waals surface area contributed by atoms with E-state index in [0.29, 0.717) is 34.9 Å². The zero-order chi connectivity index (χ0) is 23.6. The van der Waals surface area contributed by atoms with E-state index in [1.54, 1.807) is 31.2 Å². The number of nitrogens with one attached hydrogen (secondary N) is 1. The van der Waals surface area contributed by atoms with Gasteiger partial charge in [-0.1, -0.05) is 18.2 Å². The predicted octanol–water partition coefficient (Wildman–Crippen LogP) is 4.25. The van der Waals surface area contributed by atoms with Crippen LogP contribution in [0.25, 0.3) is 0 Å². The summed E-state index contributed by atoms with van der Waals surface area (Å²) < 4.78 is 42.6. The van der Waals surface area contributed by atoms with Crippen molar-refractivity contribution in [3.63, 3.8) is 0 Å². The average Bonchev–Trinajstić information content (AvgIpc) is 3.34. The van der Waals surface area contributed by atoms with E-state index in [9.17, 15) is 17.6 Å². The molecule has 0 radical (unpaired) electrons. The second-order valence-electron chi connectivity index (χ2n) is 7.82. The Hall–Kier alpha value is -3.11. The predicted molar refractivity (Wildman–Crippen MR) is 127 cm³/mol. The molecule has 3 aromatic rings. The van der Waals surface area contributed by atoms with Gasteiger partial charge in [0.05, 0.1) is 15.6 Å². The maximum absolute atomic E-state index is 13.1. The molecule has 172 valence electrons. The van der Waals surface area contributed by atoms with Crippen LogP contribution in [0.3, 0.4) is 0 Å². The molecule has 1 saturated heterocycles. The summed E-state index contributed by atoms with van der Waals surface area (Å²) in [6.07, 6.45) is 1.98. The number of aryl methyl sites for hydroxylation is 1. The Morgan fingerprint density at radius 1 is 1.24 bits per heavy atom. The molecule has 7 nitrogen and oxygen atoms in total. The van der Waals surface area contributed by atoms with Crippen LogP contribution in [-0.4, -0.2) is 43.6 Å². The van der Waals surface area contributed by atoms with Crippen molar-refractivity contribution in [2.75, 3.05) is 18.9 Å². The second kappa shape index (κ2) is 9.40. The van der Waals surface area contributed by atoms with Crippen molar-refractivity contribution < 1.29 is 17.6 Å². The third kappa shape index (κ3) is 5.45. The van der Waals surface area contributed by atoms with Crippen LogP contribution in [-0.2, 0) is 16.4 Å². The molecule has 4 rings (SSSR count). The molecule has 1 fully saturated rings. The van der Waals surface area contributed by atoms with Crippen LogP contribution in [0.1, 0.15) is 38.8 Å². The third-order valence-corrected chi connectivity index (χ3v) is 7.72. The van der Waals surface area contributed by atoms with Crippen molar-refractivity contribution in [1.29, 1.82) is 0 Å². The van der Waals surface area contributed by atoms with E-state index in [1.165, 1.54) is 35.6 Å². The van der Waals surface area contributed by atoms with Crippen LogP contribution in [0, 0.1) is 12.7 Å². The topological polar surface area (TPSA) is 91.7 Å². The number of carbonyl (C=O) groups is 1. The molecule has 0 unspecified atom stereocenters. The number of amidine groups is 1. The minimum Gasteiger partial charge on any atom is -0.362 e. The van der Waals surface area contributed by atoms with E-state index < -0.39 is 10.0 Å². The first-order valence-electron chi connectivity index (χ1n) is 10.4. The van der Waals surface area contributed by atoms with Gasteiger partial charge in [-0.15, -0.1) is 15.7 Å². The number of halogens is 1. The fourth-order valence-electron chi connectivity index (χ4n) is 3.54. The third-order valence-electron chi connectivity index (χ3n) is 5.27. The van der Waals surface area contributed by atoms with Crippen molar-refractivity contribution in [3.8, 4) is 0 Å². The van der Waals surface area contributed by atoms with Gasteiger partial charge in [-0.3, -0.25) is 4.79 Å². The summed E-state index contributed by atoms with van der Waals surface area (Å²) in [4.78, 5) is 19.6. The molecule has 2 heterocycles. The Morgan fingerprint density at radius 2 is 2.00 bits per heavy atom. The number of anilines is 1. The van der Waals surface area contributed by atoms with Gasteiger partial charge in [0.2, 0.25) is 0 Å². The lowest BCUT2D eigenvalue weighted by molar-refractivity contribution is 0.102. The van der Waals surface area contributed by atoms with Crippen LogP contribution >= 0.6 is 11.3 Å². The average molecular weight is 487 g/mol. The number of likely N-dealkylation sites (tertiary alicyclic amines) is 1. The molecule has 0 atom stereocenters. The molecule has 0 saturated carbocycles. The summed E-state index contributed by atoms with van der Waals surface area (Å²) >= 11 is 1.25. The number of thiazole rings is 1. The van der Waals surface area contributed by atoms with E-state index in [-0.39, 0.29) is 16.6 Å². The Kier molecular flexibility index (Phi) is 6.57. The van der Waals surface area contributed by atoms with Crippen LogP contribution in [0.15, 0.2) is 57.8 Å². The van der Waals surface area contributed by atoms with Crippen molar-refractivity contribution in [2.24, 2.45) is 4.40 Å². The van der Waals surface area contributed by atoms with Gasteiger partial charge in [-0.2, -0.15) is 8.42 Å². The molecule has 0 bridgehead atoms. The zero-order valence-electron chi connectivity index (χ0n) is 18.2. The van der Waals surface area contributed by atoms with Gasteiger partial charge in [0.1, 0.15) is 16.5 Å². The van der Waals surface area contributed by atoms with E-state index in [1.807, 2.05) is 11.9 Å². The number of hydrogen-bond donors (Lipinski definition) is 1. The lowest BCUT2D eigenvalue weighted by Gasteiger charge is -2.11. The van der Waals surface area contributed by atoms with Gasteiger partial charge >= 0.3 is 0 Å². The van der Waals surface area contributed by atoms with Crippen LogP contribution < -0.4 is 5.32 Å². The normalized spacial score (nSPS) is 15.2. The number of nitrogens with zero attached hydrogens (tertiary/aromatic N) is 3. The number of carbonyl (C=O) groups excluding carboxylic acids is 1. The molecular weight excluding hydrogens is 463 g/mol. The van der Waals surface area contributed by atoms with Gasteiger partial charge in [0, 0.05) is 32.1 Å². The summed E-state index contributed by atoms with van der Waals surface area (Å²) in [5, 5.41) is 3.49. The standard InChI is InChI=1S/C23H23FN4O3S2/c1-15-22(32-21(25-15)13-16-8-10-17(24)11-9-16)23(29)26-18-5-3-6-19(14-18)33(30,31)27-20-7-4-12-28(20)2/h3,5-6,8-11,14H,4,7,12-13H2,1-2H3,(H,26,29)/b27-20+. The fourth-order valence-corrected chi connectivity index (χ4v) is 5.67. The molecule has 2 aromatic carbocycles. The molecule has 1 aromatic heterocycles. The molecule has 0 spiro atoms. The molecular formula is C23H23FN4O3S2. The summed E-state index contributed by atoms with van der Waals surface area (Å²) in [5.41, 5.74) is 1.83. The Bertz CT molecular complexity index is 1320. The van der Waals surface area contributed by atoms with Gasteiger partial charge in [0.25, 0.3) is 15.9 Å². The van der Waals surface area contributed by atoms with Gasteiger partial charge < -0.3 is 10.2 Å². The van der Waals surface area contributed by atoms with E-state index in [2.05, 4.69) is 14.7 Å². The highest BCUT2D eigenvalue weighted by Crippen LogP contribution is 2.24. The lowest BCUT2D eigenvalue weighted by atomic mass is 10.1. The molecule has 1 amide bonds. The number of rotatable bonds is 6. The summed E-state index contributed by atoms with van der Waals surface area (Å²) in [7, 11) is -2.06. The van der Waals surface area contributed by atoms with Gasteiger partial charge in [0.15, 0.2) is 0 Å². The van der Waals surface area contributed by atoms with Crippen molar-refractivity contribution in [3.05, 3.63) is 75.5 Å². The minimum absolute atomic E-state index is 0.0196. The highest BCUT2D eigenvalue weighted by Gasteiger charge is 2.21. The maximum atomic E-state index is 13.1. The first kappa shape index (κ1) is 23.1. The highest BCUT2D eigenvalue weighted by molar-refractivity contribution is 7.90. The number of sulfonamides is 1. The van der Waals surface area contributed by atoms with Crippen LogP contribution in [0.4, 0.5) is 10.1 Å². The van der Waals surface area contributed by atoms with Crippen molar-refractivity contribution in [2.45, 2.75) is 31.1 Å². The van der Waals surface area contributed by atoms with E-state index in [4.69, 9.17) is 0 Å². The quantitative estimate of drug-likeness (QED) is 0.563. The van der Waals surface area contributed by atoms with E-state index in [0.717, 1.165) is 23.5 Å². The number of amides is 1. The molecule has 10 heteroatoms. The maximum Gasteiger partial charge on any atom is 0.284 e. The molecule has 33 heavy (non-hydrogen) atoms. The molecule has 1 aliphatic rings. The highest BCUT2D eigenvalue weighted by atomic mass is 32.2. The number of hydrogen-bond acceptors (Lipinski definition) is 5. The minimum atomic E-state index is -3.88. The Balaban J connectivity index is 1.50. The van der Waals surface area contributed by atoms with Gasteiger partial charge in [-0.25, -0.2) is 9.37 Å². The monoisotopic (exact) mass is 486 g/mol. The summed E-state index contributed by atoms with van der Waals surface area (Å²) in [6, 6.07) is 12.2. The second-order valence-corrected chi connectivity index (χ2v) is 10.5. The summed E-state index contributed by atoms with van der Waals surface area (Å²) in [6.45, 7) is 2.52. The molecule has 0 aliphatic carbocycles. The first-order chi connectivity index (χ1) is 15.7. The molecule has 1 N–H and O–H groups in total. The number of aromatic nitrogens is 1. The fraction of sp³-hybridized carbons (Fsp3) is 0.261. The zero-order valence-corrected chi connectivity index (χ0v) is 19.8. The largest absolute Gasteiger partial charge is 0.362 e. The smallest absolute Gasteiger partial charge is 0.284 e. The van der Waals surface area contributed by atoms with Crippen molar-refractivity contribution in [1.82, 2.24) is 9.88 Å². The van der Waals surface area contributed by atoms with Crippen LogP contribution in [0.5, 0.6) is 0 Å². The lowest BCUT2D eigenvalue weighted by Crippen LogP contribution is -2.20. The first-order valence-corrected chi connectivity index (χ1v) is 12.6. The van der Waals surface area contributed by atoms with E-state index >= 15 is 0 Å². The SMILES string of the molecule is Cc1nc(Cc2ccc(F)cc2)sc1C(=O)Nc1cccc(S(=O)(=O)/N=C2\CCCN2C)c1.